The summed E-state index contributed by atoms with van der Waals surface area (Å²) in [5, 5.41) is 27.8. The smallest absolute Gasteiger partial charge is 0.246 e. The minimum atomic E-state index is -1.73. The van der Waals surface area contributed by atoms with E-state index in [1.807, 2.05) is 13.8 Å². The SMILES string of the molecule is CCC(C)C1NC(=O)C(Cc2ccc(O)cc2)NC(=O)CCSSCC(C(=O)N2CCC[C@H]2C(=O)N[C@@H](CC(C)C)C(=O)NCC(N)=O)NC(=O)C(CC(N)=O)NC(=O)C(CCC(N)=O)NC1=O. The molecular weight excluding hydrogens is 927 g/mol. The van der Waals surface area contributed by atoms with Crippen molar-refractivity contribution in [2.75, 3.05) is 24.6 Å². The van der Waals surface area contributed by atoms with Crippen LogP contribution >= 0.6 is 21.6 Å². The van der Waals surface area contributed by atoms with Crippen LogP contribution < -0.4 is 54.4 Å². The molecule has 2 saturated heterocycles. The van der Waals surface area contributed by atoms with Crippen LogP contribution in [0.4, 0.5) is 0 Å². The third-order valence-corrected chi connectivity index (χ3v) is 13.5. The van der Waals surface area contributed by atoms with E-state index in [0.717, 1.165) is 21.6 Å². The Bertz CT molecular complexity index is 2010. The molecule has 3 rings (SSSR count). The molecule has 2 heterocycles. The van der Waals surface area contributed by atoms with Gasteiger partial charge in [0.15, 0.2) is 0 Å². The highest BCUT2D eigenvalue weighted by molar-refractivity contribution is 8.76. The summed E-state index contributed by atoms with van der Waals surface area (Å²) in [4.78, 5) is 148. The van der Waals surface area contributed by atoms with E-state index in [-0.39, 0.29) is 61.8 Å². The summed E-state index contributed by atoms with van der Waals surface area (Å²) in [6.07, 6.45) is -0.630. The summed E-state index contributed by atoms with van der Waals surface area (Å²) in [5.41, 5.74) is 16.7. The highest BCUT2D eigenvalue weighted by Crippen LogP contribution is 2.26. The van der Waals surface area contributed by atoms with Gasteiger partial charge >= 0.3 is 0 Å². The van der Waals surface area contributed by atoms with Gasteiger partial charge in [0.1, 0.15) is 48.0 Å². The molecule has 376 valence electrons. The first-order valence-electron chi connectivity index (χ1n) is 22.4. The summed E-state index contributed by atoms with van der Waals surface area (Å²) in [5.74, 6) is -9.59. The molecule has 0 aromatic heterocycles. The van der Waals surface area contributed by atoms with Crippen molar-refractivity contribution < 1.29 is 57.8 Å². The van der Waals surface area contributed by atoms with Gasteiger partial charge in [0.05, 0.1) is 13.0 Å². The second kappa shape index (κ2) is 27.6. The zero-order valence-corrected chi connectivity index (χ0v) is 40.3. The van der Waals surface area contributed by atoms with E-state index in [0.29, 0.717) is 18.4 Å². The average molecular weight is 992 g/mol. The molecule has 2 fully saturated rings. The molecule has 2 aliphatic heterocycles. The number of phenols is 1. The summed E-state index contributed by atoms with van der Waals surface area (Å²) >= 11 is 0. The van der Waals surface area contributed by atoms with Crippen molar-refractivity contribution >= 4 is 86.6 Å². The van der Waals surface area contributed by atoms with Gasteiger partial charge in [0.25, 0.3) is 0 Å². The Hall–Kier alpha value is -6.11. The van der Waals surface area contributed by atoms with Crippen LogP contribution in [0.15, 0.2) is 24.3 Å². The number of nitrogens with one attached hydrogen (secondary N) is 7. The lowest BCUT2D eigenvalue weighted by atomic mass is 9.96. The van der Waals surface area contributed by atoms with Crippen LogP contribution in [0.2, 0.25) is 0 Å². The van der Waals surface area contributed by atoms with Gasteiger partial charge in [-0.2, -0.15) is 0 Å². The summed E-state index contributed by atoms with van der Waals surface area (Å²) in [6, 6.07) is -3.44. The van der Waals surface area contributed by atoms with Gasteiger partial charge in [-0.15, -0.1) is 0 Å². The Labute approximate surface area is 402 Å². The van der Waals surface area contributed by atoms with Crippen LogP contribution in [0.25, 0.3) is 0 Å². The number of primary amides is 3. The molecule has 0 radical (unpaired) electrons. The number of phenolic OH excluding ortho intramolecular Hbond substituents is 1. The largest absolute Gasteiger partial charge is 0.508 e. The van der Waals surface area contributed by atoms with Gasteiger partial charge in [0.2, 0.25) is 65.0 Å². The summed E-state index contributed by atoms with van der Waals surface area (Å²) in [7, 11) is 2.24. The fraction of sp³-hybridized carbons (Fsp3) is 0.605. The van der Waals surface area contributed by atoms with Crippen molar-refractivity contribution in [3.8, 4) is 5.75 Å². The van der Waals surface area contributed by atoms with E-state index in [2.05, 4.69) is 37.2 Å². The lowest BCUT2D eigenvalue weighted by Gasteiger charge is -2.31. The van der Waals surface area contributed by atoms with E-state index in [4.69, 9.17) is 17.2 Å². The minimum Gasteiger partial charge on any atom is -0.508 e. The molecule has 11 amide bonds. The molecule has 8 atom stereocenters. The first-order chi connectivity index (χ1) is 32.1. The van der Waals surface area contributed by atoms with Crippen molar-refractivity contribution in [3.63, 3.8) is 0 Å². The molecule has 6 unspecified atom stereocenters. The van der Waals surface area contributed by atoms with Gasteiger partial charge in [-0.05, 0) is 55.2 Å². The van der Waals surface area contributed by atoms with Crippen LogP contribution in [0.1, 0.15) is 84.6 Å². The second-order valence-electron chi connectivity index (χ2n) is 17.1. The van der Waals surface area contributed by atoms with Crippen molar-refractivity contribution in [1.82, 2.24) is 42.1 Å². The first-order valence-corrected chi connectivity index (χ1v) is 24.8. The molecule has 0 saturated carbocycles. The molecule has 23 nitrogen and oxygen atoms in total. The zero-order valence-electron chi connectivity index (χ0n) is 38.6. The molecule has 1 aromatic carbocycles. The maximum absolute atomic E-state index is 14.5. The second-order valence-corrected chi connectivity index (χ2v) is 19.8. The third kappa shape index (κ3) is 18.5. The van der Waals surface area contributed by atoms with E-state index in [9.17, 15) is 57.8 Å². The Balaban J connectivity index is 2.02. The Morgan fingerprint density at radius 3 is 2.07 bits per heavy atom. The fourth-order valence-corrected chi connectivity index (χ4v) is 9.47. The van der Waals surface area contributed by atoms with Crippen molar-refractivity contribution in [2.45, 2.75) is 128 Å². The van der Waals surface area contributed by atoms with E-state index in [1.54, 1.807) is 26.0 Å². The Morgan fingerprint density at radius 2 is 1.46 bits per heavy atom. The summed E-state index contributed by atoms with van der Waals surface area (Å²) in [6.45, 7) is 6.68. The van der Waals surface area contributed by atoms with Gasteiger partial charge in [-0.25, -0.2) is 0 Å². The van der Waals surface area contributed by atoms with E-state index >= 15 is 0 Å². The summed E-state index contributed by atoms with van der Waals surface area (Å²) < 4.78 is 0. The Morgan fingerprint density at radius 1 is 0.809 bits per heavy atom. The van der Waals surface area contributed by atoms with Crippen LogP contribution in [0, 0.1) is 11.8 Å². The minimum absolute atomic E-state index is 0.0255. The predicted molar refractivity (Wildman–Crippen MR) is 251 cm³/mol. The molecule has 25 heteroatoms. The van der Waals surface area contributed by atoms with Gasteiger partial charge in [-0.3, -0.25) is 52.7 Å². The number of amides is 11. The van der Waals surface area contributed by atoms with Gasteiger partial charge in [-0.1, -0.05) is 67.8 Å². The van der Waals surface area contributed by atoms with Crippen LogP contribution in [-0.2, 0) is 59.2 Å². The number of nitrogens with two attached hydrogens (primary N) is 3. The number of rotatable bonds is 17. The molecule has 68 heavy (non-hydrogen) atoms. The lowest BCUT2D eigenvalue weighted by molar-refractivity contribution is -0.142. The standard InChI is InChI=1S/C43H65N11O12S2/c1-5-23(4)36-42(65)49-26(12-13-32(44)56)38(61)50-29(19-33(45)57)39(62)52-30(21-68-67-16-14-35(59)48-28(40(63)53-36)18-24-8-10-25(55)11-9-24)43(66)54-15-6-7-31(54)41(64)51-27(17-22(2)3)37(60)47-20-34(46)58/h8-11,22-23,26-31,36,55H,5-7,12-21H2,1-4H3,(H2,44,56)(H2,45,57)(H2,46,58)(H,47,60)(H,48,59)(H,49,65)(H,50,61)(H,51,64)(H,52,62)(H,53,63)/t23?,26?,27-,28?,29?,30?,31-,36?/m0/s1. The number of carbonyl (C=O) groups is 11. The van der Waals surface area contributed by atoms with Crippen LogP contribution in [-0.4, -0.2) is 142 Å². The first kappa shape index (κ1) is 56.2. The van der Waals surface area contributed by atoms with Crippen LogP contribution in [0.5, 0.6) is 5.75 Å². The number of aromatic hydroxyl groups is 1. The topological polar surface area (TPSA) is 374 Å². The Kier molecular flexibility index (Phi) is 22.9. The lowest BCUT2D eigenvalue weighted by Crippen LogP contribution is -2.61. The number of likely N-dealkylation sites (tertiary alicyclic amines) is 1. The maximum atomic E-state index is 14.5. The number of carbonyl (C=O) groups excluding carboxylic acids is 11. The third-order valence-electron chi connectivity index (χ3n) is 11.1. The predicted octanol–water partition coefficient (Wildman–Crippen LogP) is -2.55. The zero-order chi connectivity index (χ0) is 50.7. The van der Waals surface area contributed by atoms with Crippen molar-refractivity contribution in [2.24, 2.45) is 29.0 Å². The molecule has 0 bridgehead atoms. The number of hydrogen-bond donors (Lipinski definition) is 11. The highest BCUT2D eigenvalue weighted by atomic mass is 33.1. The van der Waals surface area contributed by atoms with Gasteiger partial charge < -0.3 is 64.4 Å². The van der Waals surface area contributed by atoms with Crippen molar-refractivity contribution in [1.29, 1.82) is 0 Å². The average Bonchev–Trinajstić information content (AvgIpc) is 3.77. The monoisotopic (exact) mass is 991 g/mol. The number of hydrogen-bond acceptors (Lipinski definition) is 14. The normalized spacial score (nSPS) is 23.4. The molecule has 2 aliphatic rings. The van der Waals surface area contributed by atoms with Crippen molar-refractivity contribution in [3.05, 3.63) is 29.8 Å². The fourth-order valence-electron chi connectivity index (χ4n) is 7.33. The maximum Gasteiger partial charge on any atom is 0.246 e. The number of benzene rings is 1. The van der Waals surface area contributed by atoms with E-state index in [1.165, 1.54) is 17.0 Å². The quantitative estimate of drug-likeness (QED) is 0.0717. The van der Waals surface area contributed by atoms with Crippen LogP contribution in [0.3, 0.4) is 0 Å². The molecule has 0 aliphatic carbocycles. The molecule has 14 N–H and O–H groups in total. The van der Waals surface area contributed by atoms with E-state index < -0.39 is 133 Å². The number of nitrogens with zero attached hydrogens (tertiary/aromatic N) is 1. The molecule has 1 aromatic rings. The molecule has 0 spiro atoms. The molecular formula is C43H65N11O12S2. The van der Waals surface area contributed by atoms with Gasteiger partial charge in [0, 0.05) is 37.3 Å². The highest BCUT2D eigenvalue weighted by Gasteiger charge is 2.41.